The second kappa shape index (κ2) is 6.66. The number of nitrogens with zero attached hydrogens (tertiary/aromatic N) is 2. The predicted octanol–water partition coefficient (Wildman–Crippen LogP) is 2.03. The van der Waals surface area contributed by atoms with E-state index in [0.29, 0.717) is 0 Å². The Morgan fingerprint density at radius 2 is 2.00 bits per heavy atom. The average Bonchev–Trinajstić information content (AvgIpc) is 2.61. The maximum atomic E-state index is 12.3. The number of rotatable bonds is 4. The summed E-state index contributed by atoms with van der Waals surface area (Å²) in [7, 11) is 0. The highest BCUT2D eigenvalue weighted by molar-refractivity contribution is 6.35. The van der Waals surface area contributed by atoms with E-state index in [-0.39, 0.29) is 28.0 Å². The maximum Gasteiger partial charge on any atom is 0.271 e. The van der Waals surface area contributed by atoms with Gasteiger partial charge in [0.2, 0.25) is 0 Å². The number of aromatic amines is 1. The highest BCUT2D eigenvalue weighted by atomic mass is 35.5. The largest absolute Gasteiger partial charge is 0.381 e. The first-order valence-electron chi connectivity index (χ1n) is 7.43. The lowest BCUT2D eigenvalue weighted by Gasteiger charge is -2.32. The van der Waals surface area contributed by atoms with Crippen molar-refractivity contribution in [3.63, 3.8) is 0 Å². The summed E-state index contributed by atoms with van der Waals surface area (Å²) < 4.78 is 0. The molecule has 7 heteroatoms. The average molecular weight is 314 g/mol. The number of nitrogen functional groups attached to an aromatic ring is 1. The first-order chi connectivity index (χ1) is 9.89. The summed E-state index contributed by atoms with van der Waals surface area (Å²) in [6.45, 7) is 7.04. The molecule has 2 heterocycles. The molecule has 21 heavy (non-hydrogen) atoms. The van der Waals surface area contributed by atoms with Crippen LogP contribution in [0.15, 0.2) is 0 Å². The van der Waals surface area contributed by atoms with Crippen LogP contribution < -0.4 is 11.1 Å². The van der Waals surface area contributed by atoms with Gasteiger partial charge in [0.05, 0.1) is 0 Å². The van der Waals surface area contributed by atoms with Gasteiger partial charge in [-0.25, -0.2) is 0 Å². The highest BCUT2D eigenvalue weighted by Gasteiger charge is 2.27. The number of nitrogens with two attached hydrogens (primary N) is 1. The monoisotopic (exact) mass is 313 g/mol. The molecule has 1 saturated heterocycles. The molecule has 0 spiro atoms. The number of H-pyrrole nitrogens is 1. The molecule has 0 radical (unpaired) electrons. The van der Waals surface area contributed by atoms with E-state index in [0.717, 1.165) is 19.6 Å². The van der Waals surface area contributed by atoms with Crippen LogP contribution in [0, 0.1) is 0 Å². The summed E-state index contributed by atoms with van der Waals surface area (Å²) in [6, 6.07) is 0. The smallest absolute Gasteiger partial charge is 0.271 e. The normalized spacial score (nSPS) is 17.5. The van der Waals surface area contributed by atoms with E-state index in [4.69, 9.17) is 17.3 Å². The van der Waals surface area contributed by atoms with Gasteiger partial charge in [0.1, 0.15) is 10.7 Å². The predicted molar refractivity (Wildman–Crippen MR) is 84.5 cm³/mol. The number of hydrogen-bond acceptors (Lipinski definition) is 4. The van der Waals surface area contributed by atoms with Crippen LogP contribution in [-0.4, -0.2) is 46.2 Å². The Labute approximate surface area is 130 Å². The Morgan fingerprint density at radius 3 is 2.52 bits per heavy atom. The zero-order valence-corrected chi connectivity index (χ0v) is 13.5. The second-order valence-corrected chi connectivity index (χ2v) is 6.70. The van der Waals surface area contributed by atoms with Crippen LogP contribution in [0.25, 0.3) is 0 Å². The molecular weight excluding hydrogens is 290 g/mol. The number of halogens is 1. The van der Waals surface area contributed by atoms with Crippen molar-refractivity contribution in [2.75, 3.05) is 25.4 Å². The van der Waals surface area contributed by atoms with Crippen molar-refractivity contribution in [1.82, 2.24) is 20.4 Å². The van der Waals surface area contributed by atoms with Crippen molar-refractivity contribution in [3.8, 4) is 0 Å². The number of hydrogen-bond donors (Lipinski definition) is 3. The Hall–Kier alpha value is -1.27. The van der Waals surface area contributed by atoms with Crippen LogP contribution in [0.2, 0.25) is 5.02 Å². The molecule has 0 atom stereocenters. The van der Waals surface area contributed by atoms with E-state index in [1.807, 2.05) is 13.8 Å². The van der Waals surface area contributed by atoms with Gasteiger partial charge < -0.3 is 16.0 Å². The topological polar surface area (TPSA) is 87.0 Å². The Morgan fingerprint density at radius 1 is 1.38 bits per heavy atom. The highest BCUT2D eigenvalue weighted by Crippen LogP contribution is 2.21. The Kier molecular flexibility index (Phi) is 5.11. The quantitative estimate of drug-likeness (QED) is 0.793. The molecule has 0 aromatic carbocycles. The summed E-state index contributed by atoms with van der Waals surface area (Å²) in [5.41, 5.74) is 5.42. The SMILES string of the molecule is CC(C)(CN1CCCCCC1)NC(=O)c1[nH]nc(N)c1Cl. The maximum absolute atomic E-state index is 12.3. The zero-order chi connectivity index (χ0) is 15.5. The van der Waals surface area contributed by atoms with E-state index < -0.39 is 0 Å². The third-order valence-electron chi connectivity index (χ3n) is 3.73. The summed E-state index contributed by atoms with van der Waals surface area (Å²) in [5.74, 6) is -0.129. The third kappa shape index (κ3) is 4.35. The van der Waals surface area contributed by atoms with Crippen molar-refractivity contribution in [3.05, 3.63) is 10.7 Å². The fourth-order valence-electron chi connectivity index (χ4n) is 2.76. The van der Waals surface area contributed by atoms with Gasteiger partial charge in [-0.3, -0.25) is 9.89 Å². The second-order valence-electron chi connectivity index (χ2n) is 6.33. The molecule has 1 aliphatic rings. The molecule has 1 aromatic rings. The first-order valence-corrected chi connectivity index (χ1v) is 7.81. The summed E-state index contributed by atoms with van der Waals surface area (Å²) >= 11 is 5.96. The molecule has 0 aliphatic carbocycles. The lowest BCUT2D eigenvalue weighted by Crippen LogP contribution is -2.51. The standard InChI is InChI=1S/C14H24ClN5O/c1-14(2,9-20-7-5-3-4-6-8-20)17-13(21)11-10(15)12(16)19-18-11/h3-9H2,1-2H3,(H,17,21)(H3,16,18,19). The van der Waals surface area contributed by atoms with E-state index in [9.17, 15) is 4.79 Å². The van der Waals surface area contributed by atoms with Crippen LogP contribution >= 0.6 is 11.6 Å². The Balaban J connectivity index is 1.96. The van der Waals surface area contributed by atoms with E-state index >= 15 is 0 Å². The Bertz CT molecular complexity index is 492. The fraction of sp³-hybridized carbons (Fsp3) is 0.714. The summed E-state index contributed by atoms with van der Waals surface area (Å²) in [6.07, 6.45) is 5.05. The van der Waals surface area contributed by atoms with Gasteiger partial charge in [-0.2, -0.15) is 5.10 Å². The van der Waals surface area contributed by atoms with Crippen molar-refractivity contribution < 1.29 is 4.79 Å². The van der Waals surface area contributed by atoms with Gasteiger partial charge >= 0.3 is 0 Å². The van der Waals surface area contributed by atoms with Crippen molar-refractivity contribution in [2.24, 2.45) is 0 Å². The van der Waals surface area contributed by atoms with E-state index in [1.165, 1.54) is 25.7 Å². The van der Waals surface area contributed by atoms with Gasteiger partial charge in [0, 0.05) is 12.1 Å². The van der Waals surface area contributed by atoms with Gasteiger partial charge in [0.25, 0.3) is 5.91 Å². The number of nitrogens with one attached hydrogen (secondary N) is 2. The van der Waals surface area contributed by atoms with Crippen LogP contribution in [0.3, 0.4) is 0 Å². The molecule has 6 nitrogen and oxygen atoms in total. The molecule has 1 aromatic heterocycles. The molecule has 4 N–H and O–H groups in total. The van der Waals surface area contributed by atoms with Crippen molar-refractivity contribution >= 4 is 23.3 Å². The molecule has 1 aliphatic heterocycles. The molecule has 0 unspecified atom stereocenters. The number of carbonyl (C=O) groups is 1. The fourth-order valence-corrected chi connectivity index (χ4v) is 2.93. The van der Waals surface area contributed by atoms with Crippen LogP contribution in [0.4, 0.5) is 5.82 Å². The van der Waals surface area contributed by atoms with Gasteiger partial charge in [0.15, 0.2) is 5.82 Å². The van der Waals surface area contributed by atoms with Gasteiger partial charge in [-0.1, -0.05) is 24.4 Å². The molecule has 2 rings (SSSR count). The first kappa shape index (κ1) is 16.1. The number of anilines is 1. The molecule has 0 saturated carbocycles. The molecule has 0 bridgehead atoms. The van der Waals surface area contributed by atoms with Crippen LogP contribution in [-0.2, 0) is 0 Å². The van der Waals surface area contributed by atoms with Crippen LogP contribution in [0.5, 0.6) is 0 Å². The third-order valence-corrected chi connectivity index (χ3v) is 4.11. The number of aromatic nitrogens is 2. The van der Waals surface area contributed by atoms with Gasteiger partial charge in [-0.05, 0) is 39.8 Å². The van der Waals surface area contributed by atoms with Crippen molar-refractivity contribution in [1.29, 1.82) is 0 Å². The van der Waals surface area contributed by atoms with Crippen molar-refractivity contribution in [2.45, 2.75) is 45.1 Å². The van der Waals surface area contributed by atoms with E-state index in [2.05, 4.69) is 20.4 Å². The van der Waals surface area contributed by atoms with Crippen LogP contribution in [0.1, 0.15) is 50.0 Å². The zero-order valence-electron chi connectivity index (χ0n) is 12.7. The number of likely N-dealkylation sites (tertiary alicyclic amines) is 1. The molecule has 1 amide bonds. The summed E-state index contributed by atoms with van der Waals surface area (Å²) in [5, 5.41) is 9.50. The lowest BCUT2D eigenvalue weighted by atomic mass is 10.0. The van der Waals surface area contributed by atoms with Gasteiger partial charge in [-0.15, -0.1) is 0 Å². The minimum absolute atomic E-state index is 0.146. The molecule has 1 fully saturated rings. The summed E-state index contributed by atoms with van der Waals surface area (Å²) in [4.78, 5) is 14.7. The van der Waals surface area contributed by atoms with E-state index in [1.54, 1.807) is 0 Å². The number of amides is 1. The lowest BCUT2D eigenvalue weighted by molar-refractivity contribution is 0.0883. The minimum atomic E-state index is -0.343. The molecular formula is C14H24ClN5O. The minimum Gasteiger partial charge on any atom is -0.381 e. The molecule has 118 valence electrons. The number of carbonyl (C=O) groups excluding carboxylic acids is 1.